The number of aliphatic hydroxyl groups is 1. The molecule has 3 saturated heterocycles. The molecule has 2 aromatic rings. The van der Waals surface area contributed by atoms with Crippen LogP contribution in [0.15, 0.2) is 47.6 Å². The van der Waals surface area contributed by atoms with Crippen molar-refractivity contribution in [3.05, 3.63) is 48.3 Å². The summed E-state index contributed by atoms with van der Waals surface area (Å²) in [5, 5.41) is 13.7. The van der Waals surface area contributed by atoms with Crippen molar-refractivity contribution >= 4 is 21.6 Å². The monoisotopic (exact) mass is 571 g/mol. The zero-order valence-electron chi connectivity index (χ0n) is 22.6. The minimum absolute atomic E-state index is 0.0273. The lowest BCUT2D eigenvalue weighted by Crippen LogP contribution is -2.59. The minimum atomic E-state index is -4.10. The number of fused-ring (bicyclic) bond motifs is 2. The van der Waals surface area contributed by atoms with Gasteiger partial charge in [-0.3, -0.25) is 14.7 Å². The van der Waals surface area contributed by atoms with Crippen molar-refractivity contribution in [3.8, 4) is 5.75 Å². The Morgan fingerprint density at radius 3 is 2.52 bits per heavy atom. The average molecular weight is 572 g/mol. The molecule has 1 spiro atoms. The number of aromatic nitrogens is 1. The van der Waals surface area contributed by atoms with Crippen LogP contribution in [0.3, 0.4) is 0 Å². The third-order valence-electron chi connectivity index (χ3n) is 8.62. The first kappa shape index (κ1) is 27.4. The standard InChI is InChI=1S/C28H37N5O6S/c34-23-18-24-27(35)30-28(5-10-31(11-6-28)19-21-3-8-29-9-4-21)7-14-39-25-17-22(32-12-15-38-16-13-32)1-2-26(25)40(36,37)33(24)20-23/h1-4,8-9,17,23-24,34H,5-7,10-16,18-20H2,(H,30,35)/t23-,24+/m1/s1. The lowest BCUT2D eigenvalue weighted by Gasteiger charge is -2.43. The maximum Gasteiger partial charge on any atom is 0.247 e. The Morgan fingerprint density at radius 1 is 1.02 bits per heavy atom. The Balaban J connectivity index is 1.28. The smallest absolute Gasteiger partial charge is 0.247 e. The second kappa shape index (κ2) is 11.2. The van der Waals surface area contributed by atoms with Crippen molar-refractivity contribution in [2.45, 2.75) is 54.8 Å². The molecule has 40 heavy (non-hydrogen) atoms. The van der Waals surface area contributed by atoms with E-state index >= 15 is 0 Å². The largest absolute Gasteiger partial charge is 0.492 e. The summed E-state index contributed by atoms with van der Waals surface area (Å²) >= 11 is 0. The van der Waals surface area contributed by atoms with Crippen molar-refractivity contribution < 1.29 is 27.8 Å². The summed E-state index contributed by atoms with van der Waals surface area (Å²) in [4.78, 5) is 22.3. The van der Waals surface area contributed by atoms with Crippen molar-refractivity contribution in [3.63, 3.8) is 0 Å². The number of morpholine rings is 1. The highest BCUT2D eigenvalue weighted by Gasteiger charge is 2.47. The lowest BCUT2D eigenvalue weighted by atomic mass is 9.84. The van der Waals surface area contributed by atoms with Crippen LogP contribution < -0.4 is 15.0 Å². The molecule has 4 aliphatic heterocycles. The number of likely N-dealkylation sites (tertiary alicyclic amines) is 1. The summed E-state index contributed by atoms with van der Waals surface area (Å²) in [6, 6.07) is 8.19. The van der Waals surface area contributed by atoms with Crippen LogP contribution in [0.25, 0.3) is 0 Å². The number of amides is 1. The topological polar surface area (TPSA) is 125 Å². The van der Waals surface area contributed by atoms with E-state index < -0.39 is 27.7 Å². The van der Waals surface area contributed by atoms with Crippen LogP contribution in [0.1, 0.15) is 31.2 Å². The summed E-state index contributed by atoms with van der Waals surface area (Å²) in [6.07, 6.45) is 4.73. The van der Waals surface area contributed by atoms with Crippen molar-refractivity contribution in [1.29, 1.82) is 0 Å². The molecule has 3 fully saturated rings. The maximum atomic E-state index is 13.9. The molecule has 2 N–H and O–H groups in total. The van der Waals surface area contributed by atoms with Gasteiger partial charge in [0.2, 0.25) is 15.9 Å². The molecule has 1 aromatic heterocycles. The average Bonchev–Trinajstić information content (AvgIpc) is 3.37. The van der Waals surface area contributed by atoms with Gasteiger partial charge in [-0.25, -0.2) is 8.42 Å². The summed E-state index contributed by atoms with van der Waals surface area (Å²) in [5.74, 6) is -0.0696. The van der Waals surface area contributed by atoms with E-state index in [2.05, 4.69) is 20.1 Å². The number of piperidine rings is 1. The number of aliphatic hydroxyl groups excluding tert-OH is 1. The Labute approximate surface area is 235 Å². The van der Waals surface area contributed by atoms with E-state index in [0.29, 0.717) is 32.7 Å². The molecule has 0 aliphatic carbocycles. The Morgan fingerprint density at radius 2 is 1.77 bits per heavy atom. The number of rotatable bonds is 3. The highest BCUT2D eigenvalue weighted by atomic mass is 32.2. The Hall–Kier alpha value is -2.77. The van der Waals surface area contributed by atoms with Gasteiger partial charge in [0.05, 0.1) is 25.9 Å². The summed E-state index contributed by atoms with van der Waals surface area (Å²) in [6.45, 7) is 5.17. The van der Waals surface area contributed by atoms with Gasteiger partial charge < -0.3 is 24.8 Å². The SMILES string of the molecule is O=C1NC2(CCOc3cc(N4CCOCC4)ccc3S(=O)(=O)N3C[C@H](O)C[C@@H]13)CCN(Cc1ccncc1)CC2. The fraction of sp³-hybridized carbons (Fsp3) is 0.571. The van der Waals surface area contributed by atoms with Gasteiger partial charge in [-0.2, -0.15) is 4.31 Å². The first-order valence-electron chi connectivity index (χ1n) is 14.1. The molecule has 1 amide bonds. The molecule has 12 heteroatoms. The van der Waals surface area contributed by atoms with Crippen LogP contribution >= 0.6 is 0 Å². The van der Waals surface area contributed by atoms with E-state index in [4.69, 9.17) is 9.47 Å². The molecular weight excluding hydrogens is 534 g/mol. The highest BCUT2D eigenvalue weighted by molar-refractivity contribution is 7.89. The number of carbonyl (C=O) groups excluding carboxylic acids is 1. The number of benzene rings is 1. The van der Waals surface area contributed by atoms with Crippen LogP contribution in [-0.4, -0.2) is 104 Å². The third kappa shape index (κ3) is 5.55. The zero-order chi connectivity index (χ0) is 27.7. The molecule has 0 radical (unpaired) electrons. The molecule has 4 aliphatic rings. The molecule has 0 saturated carbocycles. The molecule has 5 heterocycles. The highest BCUT2D eigenvalue weighted by Crippen LogP contribution is 2.37. The van der Waals surface area contributed by atoms with Gasteiger partial charge in [0.1, 0.15) is 16.7 Å². The molecule has 0 unspecified atom stereocenters. The summed E-state index contributed by atoms with van der Waals surface area (Å²) < 4.78 is 40.7. The van der Waals surface area contributed by atoms with Gasteiger partial charge in [0, 0.05) is 81.8 Å². The van der Waals surface area contributed by atoms with Gasteiger partial charge in [-0.1, -0.05) is 0 Å². The number of nitrogens with one attached hydrogen (secondary N) is 1. The fourth-order valence-electron chi connectivity index (χ4n) is 6.28. The summed E-state index contributed by atoms with van der Waals surface area (Å²) in [7, 11) is -4.10. The number of ether oxygens (including phenoxy) is 2. The molecule has 11 nitrogen and oxygen atoms in total. The maximum absolute atomic E-state index is 13.9. The first-order valence-corrected chi connectivity index (χ1v) is 15.5. The Kier molecular flexibility index (Phi) is 7.71. The van der Waals surface area contributed by atoms with E-state index in [-0.39, 0.29) is 36.1 Å². The predicted molar refractivity (Wildman–Crippen MR) is 148 cm³/mol. The van der Waals surface area contributed by atoms with Crippen LogP contribution in [0.4, 0.5) is 5.69 Å². The number of anilines is 1. The Bertz CT molecular complexity index is 1310. The van der Waals surface area contributed by atoms with Crippen LogP contribution in [0.5, 0.6) is 5.75 Å². The lowest BCUT2D eigenvalue weighted by molar-refractivity contribution is -0.127. The number of nitrogens with zero attached hydrogens (tertiary/aromatic N) is 4. The number of hydrogen-bond acceptors (Lipinski definition) is 9. The summed E-state index contributed by atoms with van der Waals surface area (Å²) in [5.41, 5.74) is 1.54. The number of pyridine rings is 1. The van der Waals surface area contributed by atoms with Gasteiger partial charge in [0.15, 0.2) is 0 Å². The van der Waals surface area contributed by atoms with Crippen molar-refractivity contribution in [1.82, 2.24) is 19.5 Å². The van der Waals surface area contributed by atoms with Crippen LogP contribution in [0.2, 0.25) is 0 Å². The van der Waals surface area contributed by atoms with Gasteiger partial charge in [0.25, 0.3) is 0 Å². The quantitative estimate of drug-likeness (QED) is 0.555. The van der Waals surface area contributed by atoms with E-state index in [9.17, 15) is 18.3 Å². The van der Waals surface area contributed by atoms with Crippen LogP contribution in [0, 0.1) is 0 Å². The predicted octanol–water partition coefficient (Wildman–Crippen LogP) is 0.976. The normalized spacial score (nSPS) is 27.2. The van der Waals surface area contributed by atoms with Gasteiger partial charge in [-0.15, -0.1) is 0 Å². The zero-order valence-corrected chi connectivity index (χ0v) is 23.4. The fourth-order valence-corrected chi connectivity index (χ4v) is 8.03. The van der Waals surface area contributed by atoms with Gasteiger partial charge in [-0.05, 0) is 42.7 Å². The second-order valence-electron chi connectivity index (χ2n) is 11.2. The van der Waals surface area contributed by atoms with E-state index in [1.54, 1.807) is 30.6 Å². The van der Waals surface area contributed by atoms with E-state index in [1.807, 2.05) is 12.1 Å². The van der Waals surface area contributed by atoms with Crippen molar-refractivity contribution in [2.75, 3.05) is 57.4 Å². The number of carbonyl (C=O) groups is 1. The first-order chi connectivity index (χ1) is 19.3. The van der Waals surface area contributed by atoms with E-state index in [0.717, 1.165) is 42.5 Å². The molecule has 0 bridgehead atoms. The minimum Gasteiger partial charge on any atom is -0.492 e. The molecular formula is C28H37N5O6S. The van der Waals surface area contributed by atoms with E-state index in [1.165, 1.54) is 5.56 Å². The van der Waals surface area contributed by atoms with Crippen LogP contribution in [-0.2, 0) is 26.1 Å². The second-order valence-corrected chi connectivity index (χ2v) is 13.1. The number of hydrogen-bond donors (Lipinski definition) is 2. The van der Waals surface area contributed by atoms with Crippen molar-refractivity contribution in [2.24, 2.45) is 0 Å². The molecule has 216 valence electrons. The van der Waals surface area contributed by atoms with Gasteiger partial charge >= 0.3 is 0 Å². The number of sulfonamides is 1. The molecule has 6 rings (SSSR count). The molecule has 2 atom stereocenters. The third-order valence-corrected chi connectivity index (χ3v) is 10.5. The molecule has 1 aromatic carbocycles.